The second-order valence-corrected chi connectivity index (χ2v) is 14.9. The second kappa shape index (κ2) is 8.90. The van der Waals surface area contributed by atoms with Gasteiger partial charge in [0.1, 0.15) is 11.5 Å². The Hall–Kier alpha value is -2.80. The molecule has 0 aromatic heterocycles. The van der Waals surface area contributed by atoms with Crippen LogP contribution in [0.15, 0.2) is 60.7 Å². The van der Waals surface area contributed by atoms with Gasteiger partial charge in [0.05, 0.1) is 0 Å². The third-order valence-corrected chi connectivity index (χ3v) is 7.52. The number of benzene rings is 4. The molecular formula is C36H46O. The van der Waals surface area contributed by atoms with Crippen LogP contribution in [0.3, 0.4) is 0 Å². The van der Waals surface area contributed by atoms with Gasteiger partial charge in [-0.2, -0.15) is 0 Å². The van der Waals surface area contributed by atoms with Gasteiger partial charge < -0.3 is 4.74 Å². The molecule has 0 bridgehead atoms. The van der Waals surface area contributed by atoms with Gasteiger partial charge in [0.15, 0.2) is 0 Å². The highest BCUT2D eigenvalue weighted by Crippen LogP contribution is 2.42. The summed E-state index contributed by atoms with van der Waals surface area (Å²) in [5.41, 5.74) is 5.36. The summed E-state index contributed by atoms with van der Waals surface area (Å²) in [5.74, 6) is 1.86. The Morgan fingerprint density at radius 3 is 1.00 bits per heavy atom. The van der Waals surface area contributed by atoms with Crippen LogP contribution in [0.4, 0.5) is 0 Å². The van der Waals surface area contributed by atoms with Gasteiger partial charge in [-0.1, -0.05) is 119 Å². The minimum absolute atomic E-state index is 0.0176. The largest absolute Gasteiger partial charge is 0.456 e. The van der Waals surface area contributed by atoms with Gasteiger partial charge in [-0.25, -0.2) is 0 Å². The fraction of sp³-hybridized carbons (Fsp3) is 0.444. The topological polar surface area (TPSA) is 9.23 Å². The van der Waals surface area contributed by atoms with Crippen LogP contribution in [0.1, 0.15) is 105 Å². The molecule has 0 aliphatic rings. The zero-order chi connectivity index (χ0) is 27.6. The normalized spacial score (nSPS) is 13.4. The van der Waals surface area contributed by atoms with Crippen LogP contribution < -0.4 is 4.74 Å². The van der Waals surface area contributed by atoms with Crippen LogP contribution in [0.5, 0.6) is 11.5 Å². The molecule has 0 saturated carbocycles. The molecule has 0 unspecified atom stereocenters. The van der Waals surface area contributed by atoms with E-state index in [0.717, 1.165) is 11.5 Å². The summed E-state index contributed by atoms with van der Waals surface area (Å²) in [6, 6.07) is 22.9. The van der Waals surface area contributed by atoms with E-state index < -0.39 is 0 Å². The molecule has 4 aromatic carbocycles. The van der Waals surface area contributed by atoms with Crippen molar-refractivity contribution in [2.75, 3.05) is 0 Å². The molecule has 0 radical (unpaired) electrons. The standard InChI is InChI=1S/C36H46O/c1-33(2,3)25-15-13-23-17-27(35(7,8)9)21-31(29(23)19-25)37-32-22-28(36(10,11)12)18-24-14-16-26(20-30(24)32)34(4,5)6/h13-22H,1-12H3. The molecule has 0 spiro atoms. The van der Waals surface area contributed by atoms with E-state index in [9.17, 15) is 0 Å². The molecule has 37 heavy (non-hydrogen) atoms. The summed E-state index contributed by atoms with van der Waals surface area (Å²) in [5, 5.41) is 4.78. The molecule has 4 aromatic rings. The van der Waals surface area contributed by atoms with Gasteiger partial charge in [0, 0.05) is 10.8 Å². The second-order valence-electron chi connectivity index (χ2n) is 14.9. The van der Waals surface area contributed by atoms with Crippen molar-refractivity contribution in [3.63, 3.8) is 0 Å². The van der Waals surface area contributed by atoms with Gasteiger partial charge in [0.2, 0.25) is 0 Å². The van der Waals surface area contributed by atoms with Crippen molar-refractivity contribution < 1.29 is 4.74 Å². The Morgan fingerprint density at radius 1 is 0.378 bits per heavy atom. The lowest BCUT2D eigenvalue weighted by Crippen LogP contribution is -2.13. The highest BCUT2D eigenvalue weighted by Gasteiger charge is 2.23. The Morgan fingerprint density at radius 2 is 0.703 bits per heavy atom. The van der Waals surface area contributed by atoms with E-state index in [0.29, 0.717) is 0 Å². The van der Waals surface area contributed by atoms with E-state index in [4.69, 9.17) is 4.74 Å². The van der Waals surface area contributed by atoms with Crippen LogP contribution in [0.2, 0.25) is 0 Å². The van der Waals surface area contributed by atoms with E-state index in [1.807, 2.05) is 0 Å². The maximum Gasteiger partial charge on any atom is 0.135 e. The molecule has 0 heterocycles. The fourth-order valence-corrected chi connectivity index (χ4v) is 4.73. The Balaban J connectivity index is 2.02. The first-order valence-electron chi connectivity index (χ1n) is 13.7. The van der Waals surface area contributed by atoms with Crippen LogP contribution in [-0.2, 0) is 21.7 Å². The lowest BCUT2D eigenvalue weighted by atomic mass is 9.82. The summed E-state index contributed by atoms with van der Waals surface area (Å²) < 4.78 is 7.01. The maximum atomic E-state index is 7.01. The average Bonchev–Trinajstić information content (AvgIpc) is 2.75. The van der Waals surface area contributed by atoms with Crippen LogP contribution in [0.25, 0.3) is 21.5 Å². The summed E-state index contributed by atoms with van der Waals surface area (Å²) in [6.45, 7) is 27.2. The maximum absolute atomic E-state index is 7.01. The van der Waals surface area contributed by atoms with E-state index in [1.54, 1.807) is 0 Å². The number of rotatable bonds is 2. The molecule has 0 fully saturated rings. The van der Waals surface area contributed by atoms with Crippen LogP contribution >= 0.6 is 0 Å². The lowest BCUT2D eigenvalue weighted by Gasteiger charge is -2.25. The number of fused-ring (bicyclic) bond motifs is 2. The van der Waals surface area contributed by atoms with Gasteiger partial charge in [-0.05, 0) is 79.0 Å². The monoisotopic (exact) mass is 494 g/mol. The van der Waals surface area contributed by atoms with Crippen molar-refractivity contribution in [1.29, 1.82) is 0 Å². The minimum atomic E-state index is 0.0176. The molecule has 1 nitrogen and oxygen atoms in total. The molecule has 0 aliphatic heterocycles. The molecule has 0 N–H and O–H groups in total. The smallest absolute Gasteiger partial charge is 0.135 e. The Labute approximate surface area is 225 Å². The van der Waals surface area contributed by atoms with E-state index in [1.165, 1.54) is 43.8 Å². The highest BCUT2D eigenvalue weighted by atomic mass is 16.5. The summed E-state index contributed by atoms with van der Waals surface area (Å²) in [7, 11) is 0. The first-order chi connectivity index (χ1) is 16.8. The van der Waals surface area contributed by atoms with Gasteiger partial charge >= 0.3 is 0 Å². The van der Waals surface area contributed by atoms with Gasteiger partial charge in [-0.3, -0.25) is 0 Å². The molecule has 0 amide bonds. The quantitative estimate of drug-likeness (QED) is 0.269. The Bertz CT molecular complexity index is 1340. The molecule has 0 saturated heterocycles. The van der Waals surface area contributed by atoms with E-state index in [-0.39, 0.29) is 21.7 Å². The minimum Gasteiger partial charge on any atom is -0.456 e. The van der Waals surface area contributed by atoms with E-state index in [2.05, 4.69) is 144 Å². The first-order valence-corrected chi connectivity index (χ1v) is 13.7. The summed E-state index contributed by atoms with van der Waals surface area (Å²) in [6.07, 6.45) is 0. The van der Waals surface area contributed by atoms with Crippen molar-refractivity contribution in [1.82, 2.24) is 0 Å². The van der Waals surface area contributed by atoms with Crippen molar-refractivity contribution in [3.8, 4) is 11.5 Å². The van der Waals surface area contributed by atoms with Crippen molar-refractivity contribution in [2.45, 2.75) is 105 Å². The van der Waals surface area contributed by atoms with Crippen LogP contribution in [0, 0.1) is 0 Å². The zero-order valence-electron chi connectivity index (χ0n) is 25.2. The van der Waals surface area contributed by atoms with E-state index >= 15 is 0 Å². The van der Waals surface area contributed by atoms with Gasteiger partial charge in [-0.15, -0.1) is 0 Å². The number of hydrogen-bond donors (Lipinski definition) is 0. The van der Waals surface area contributed by atoms with Crippen molar-refractivity contribution in [3.05, 3.63) is 82.9 Å². The molecule has 196 valence electrons. The zero-order valence-corrected chi connectivity index (χ0v) is 25.2. The summed E-state index contributed by atoms with van der Waals surface area (Å²) >= 11 is 0. The first kappa shape index (κ1) is 27.2. The van der Waals surface area contributed by atoms with Crippen molar-refractivity contribution in [2.24, 2.45) is 0 Å². The molecule has 0 aliphatic carbocycles. The molecular weight excluding hydrogens is 448 g/mol. The SMILES string of the molecule is CC(C)(C)c1cc(Oc2cc(C(C)(C)C)cc3ccc(C(C)(C)C)cc23)c2cc(C(C)(C)C)ccc2c1. The Kier molecular flexibility index (Phi) is 6.55. The van der Waals surface area contributed by atoms with Crippen molar-refractivity contribution >= 4 is 21.5 Å². The molecule has 4 rings (SSSR count). The predicted octanol–water partition coefficient (Wildman–Crippen LogP) is 11.0. The summed E-state index contributed by atoms with van der Waals surface area (Å²) in [4.78, 5) is 0. The number of hydrogen-bond acceptors (Lipinski definition) is 1. The molecule has 0 atom stereocenters. The average molecular weight is 495 g/mol. The third kappa shape index (κ3) is 5.71. The fourth-order valence-electron chi connectivity index (χ4n) is 4.73. The molecule has 1 heteroatoms. The predicted molar refractivity (Wildman–Crippen MR) is 163 cm³/mol. The third-order valence-electron chi connectivity index (χ3n) is 7.52. The van der Waals surface area contributed by atoms with Gasteiger partial charge in [0.25, 0.3) is 0 Å². The highest BCUT2D eigenvalue weighted by molar-refractivity contribution is 5.93. The van der Waals surface area contributed by atoms with Crippen LogP contribution in [-0.4, -0.2) is 0 Å². The lowest BCUT2D eigenvalue weighted by molar-refractivity contribution is 0.485. The number of ether oxygens (including phenoxy) is 1.